The van der Waals surface area contributed by atoms with Crippen molar-refractivity contribution in [3.05, 3.63) is 0 Å². The molecule has 0 aromatic carbocycles. The second-order valence-electron chi connectivity index (χ2n) is 5.24. The van der Waals surface area contributed by atoms with Gasteiger partial charge in [-0.3, -0.25) is 4.79 Å². The van der Waals surface area contributed by atoms with Crippen LogP contribution in [0.15, 0.2) is 0 Å². The third kappa shape index (κ3) is 4.66. The Morgan fingerprint density at radius 1 is 1.24 bits per heavy atom. The molecule has 1 aliphatic rings. The predicted molar refractivity (Wildman–Crippen MR) is 69.6 cm³/mol. The van der Waals surface area contributed by atoms with E-state index in [1.165, 1.54) is 19.3 Å². The van der Waals surface area contributed by atoms with Crippen LogP contribution in [0.1, 0.15) is 58.8 Å². The van der Waals surface area contributed by atoms with Crippen molar-refractivity contribution in [2.24, 2.45) is 17.6 Å². The van der Waals surface area contributed by atoms with Crippen molar-refractivity contribution in [2.45, 2.75) is 64.8 Å². The number of rotatable bonds is 6. The van der Waals surface area contributed by atoms with Crippen molar-refractivity contribution < 1.29 is 9.53 Å². The van der Waals surface area contributed by atoms with Crippen LogP contribution in [0.3, 0.4) is 0 Å². The fourth-order valence-corrected chi connectivity index (χ4v) is 2.51. The zero-order valence-corrected chi connectivity index (χ0v) is 11.3. The van der Waals surface area contributed by atoms with E-state index >= 15 is 0 Å². The zero-order valence-electron chi connectivity index (χ0n) is 11.3. The molecule has 0 heterocycles. The van der Waals surface area contributed by atoms with E-state index in [1.807, 2.05) is 0 Å². The third-order valence-corrected chi connectivity index (χ3v) is 4.05. The Kier molecular flexibility index (Phi) is 6.56. The lowest BCUT2D eigenvalue weighted by atomic mass is 9.84. The quantitative estimate of drug-likeness (QED) is 0.727. The summed E-state index contributed by atoms with van der Waals surface area (Å²) < 4.78 is 5.34. The van der Waals surface area contributed by atoms with E-state index in [1.54, 1.807) is 0 Å². The number of nitrogens with two attached hydrogens (primary N) is 1. The van der Waals surface area contributed by atoms with Crippen molar-refractivity contribution in [3.8, 4) is 0 Å². The summed E-state index contributed by atoms with van der Waals surface area (Å²) in [6.45, 7) is 4.79. The molecule has 0 bridgehead atoms. The summed E-state index contributed by atoms with van der Waals surface area (Å²) in [5.41, 5.74) is 5.99. The van der Waals surface area contributed by atoms with Crippen LogP contribution >= 0.6 is 0 Å². The van der Waals surface area contributed by atoms with Gasteiger partial charge in [-0.25, -0.2) is 0 Å². The topological polar surface area (TPSA) is 52.3 Å². The monoisotopic (exact) mass is 241 g/mol. The lowest BCUT2D eigenvalue weighted by Gasteiger charge is -2.26. The van der Waals surface area contributed by atoms with Crippen molar-refractivity contribution in [2.75, 3.05) is 6.61 Å². The molecule has 1 aliphatic carbocycles. The number of carbonyl (C=O) groups excluding carboxylic acids is 1. The Balaban J connectivity index is 2.30. The van der Waals surface area contributed by atoms with E-state index in [9.17, 15) is 4.79 Å². The zero-order chi connectivity index (χ0) is 12.7. The fraction of sp³-hybridized carbons (Fsp3) is 0.929. The summed E-state index contributed by atoms with van der Waals surface area (Å²) in [6, 6.07) is -0.398. The highest BCUT2D eigenvalue weighted by atomic mass is 16.5. The smallest absolute Gasteiger partial charge is 0.323 e. The summed E-state index contributed by atoms with van der Waals surface area (Å²) in [5.74, 6) is 0.638. The second kappa shape index (κ2) is 7.70. The molecule has 1 rings (SSSR count). The standard InChI is InChI=1S/C14H27NO2/c1-3-11(4-2)10-17-14(16)13(15)12-8-6-5-7-9-12/h11-13H,3-10,15H2,1-2H3/t13-/m0/s1. The minimum Gasteiger partial charge on any atom is -0.464 e. The Morgan fingerprint density at radius 3 is 2.35 bits per heavy atom. The lowest BCUT2D eigenvalue weighted by molar-refractivity contribution is -0.148. The van der Waals surface area contributed by atoms with Gasteiger partial charge in [0.15, 0.2) is 0 Å². The minimum absolute atomic E-state index is 0.191. The van der Waals surface area contributed by atoms with Crippen LogP contribution in [0.4, 0.5) is 0 Å². The first-order chi connectivity index (χ1) is 8.19. The van der Waals surface area contributed by atoms with E-state index < -0.39 is 6.04 Å². The summed E-state index contributed by atoms with van der Waals surface area (Å²) in [4.78, 5) is 11.8. The third-order valence-electron chi connectivity index (χ3n) is 4.05. The SMILES string of the molecule is CCC(CC)COC(=O)[C@@H](N)C1CCCCC1. The van der Waals surface area contributed by atoms with Gasteiger partial charge >= 0.3 is 5.97 Å². The molecule has 1 saturated carbocycles. The van der Waals surface area contributed by atoms with Gasteiger partial charge in [-0.05, 0) is 24.7 Å². The van der Waals surface area contributed by atoms with Crippen LogP contribution in [0.25, 0.3) is 0 Å². The molecule has 0 amide bonds. The van der Waals surface area contributed by atoms with Crippen LogP contribution in [-0.2, 0) is 9.53 Å². The summed E-state index contributed by atoms with van der Waals surface area (Å²) >= 11 is 0. The minimum atomic E-state index is -0.398. The molecule has 1 fully saturated rings. The van der Waals surface area contributed by atoms with Crippen LogP contribution in [0.2, 0.25) is 0 Å². The van der Waals surface area contributed by atoms with Gasteiger partial charge in [0.25, 0.3) is 0 Å². The number of hydrogen-bond donors (Lipinski definition) is 1. The second-order valence-corrected chi connectivity index (χ2v) is 5.24. The molecule has 2 N–H and O–H groups in total. The molecule has 3 nitrogen and oxygen atoms in total. The maximum Gasteiger partial charge on any atom is 0.323 e. The molecule has 0 aromatic rings. The van der Waals surface area contributed by atoms with E-state index in [0.29, 0.717) is 18.4 Å². The van der Waals surface area contributed by atoms with Gasteiger partial charge in [0, 0.05) is 0 Å². The highest BCUT2D eigenvalue weighted by Gasteiger charge is 2.27. The highest BCUT2D eigenvalue weighted by molar-refractivity contribution is 5.75. The van der Waals surface area contributed by atoms with Crippen molar-refractivity contribution in [3.63, 3.8) is 0 Å². The maximum absolute atomic E-state index is 11.8. The van der Waals surface area contributed by atoms with Crippen LogP contribution < -0.4 is 5.73 Å². The maximum atomic E-state index is 11.8. The van der Waals surface area contributed by atoms with Crippen molar-refractivity contribution in [1.29, 1.82) is 0 Å². The van der Waals surface area contributed by atoms with Gasteiger partial charge in [-0.1, -0.05) is 46.0 Å². The Labute approximate surface area is 105 Å². The van der Waals surface area contributed by atoms with Crippen LogP contribution in [0, 0.1) is 11.8 Å². The first-order valence-electron chi connectivity index (χ1n) is 7.11. The van der Waals surface area contributed by atoms with Crippen LogP contribution in [-0.4, -0.2) is 18.6 Å². The molecule has 0 unspecified atom stereocenters. The van der Waals surface area contributed by atoms with Crippen LogP contribution in [0.5, 0.6) is 0 Å². The van der Waals surface area contributed by atoms with E-state index in [4.69, 9.17) is 10.5 Å². The van der Waals surface area contributed by atoms with Gasteiger partial charge in [0.1, 0.15) is 6.04 Å². The number of carbonyl (C=O) groups is 1. The Bertz CT molecular complexity index is 220. The van der Waals surface area contributed by atoms with Gasteiger partial charge in [-0.2, -0.15) is 0 Å². The normalized spacial score (nSPS) is 19.3. The van der Waals surface area contributed by atoms with Gasteiger partial charge < -0.3 is 10.5 Å². The fourth-order valence-electron chi connectivity index (χ4n) is 2.51. The molecule has 100 valence electrons. The molecule has 17 heavy (non-hydrogen) atoms. The number of esters is 1. The van der Waals surface area contributed by atoms with Gasteiger partial charge in [0.05, 0.1) is 6.61 Å². The summed E-state index contributed by atoms with van der Waals surface area (Å²) in [6.07, 6.45) is 7.98. The first kappa shape index (κ1) is 14.5. The molecular weight excluding hydrogens is 214 g/mol. The van der Waals surface area contributed by atoms with E-state index in [2.05, 4.69) is 13.8 Å². The number of ether oxygens (including phenoxy) is 1. The summed E-state index contributed by atoms with van der Waals surface area (Å²) in [5, 5.41) is 0. The first-order valence-corrected chi connectivity index (χ1v) is 7.11. The molecule has 0 aromatic heterocycles. The summed E-state index contributed by atoms with van der Waals surface area (Å²) in [7, 11) is 0. The molecule has 0 spiro atoms. The molecular formula is C14H27NO2. The van der Waals surface area contributed by atoms with Gasteiger partial charge in [-0.15, -0.1) is 0 Å². The number of hydrogen-bond acceptors (Lipinski definition) is 3. The lowest BCUT2D eigenvalue weighted by Crippen LogP contribution is -2.40. The van der Waals surface area contributed by atoms with E-state index in [-0.39, 0.29) is 5.97 Å². The highest BCUT2D eigenvalue weighted by Crippen LogP contribution is 2.26. The van der Waals surface area contributed by atoms with Gasteiger partial charge in [0.2, 0.25) is 0 Å². The molecule has 3 heteroatoms. The predicted octanol–water partition coefficient (Wildman–Crippen LogP) is 2.87. The average molecular weight is 241 g/mol. The molecule has 0 saturated heterocycles. The Morgan fingerprint density at radius 2 is 1.82 bits per heavy atom. The van der Waals surface area contributed by atoms with Crippen molar-refractivity contribution >= 4 is 5.97 Å². The molecule has 0 aliphatic heterocycles. The Hall–Kier alpha value is -0.570. The molecule has 0 radical (unpaired) electrons. The largest absolute Gasteiger partial charge is 0.464 e. The van der Waals surface area contributed by atoms with E-state index in [0.717, 1.165) is 25.7 Å². The van der Waals surface area contributed by atoms with Crippen molar-refractivity contribution in [1.82, 2.24) is 0 Å². The average Bonchev–Trinajstić information content (AvgIpc) is 2.39. The molecule has 1 atom stereocenters.